The van der Waals surface area contributed by atoms with Gasteiger partial charge in [0, 0.05) is 11.8 Å². The van der Waals surface area contributed by atoms with Gasteiger partial charge in [-0.1, -0.05) is 22.7 Å². The molecule has 2 aromatic rings. The van der Waals surface area contributed by atoms with Crippen LogP contribution < -0.4 is 0 Å². The summed E-state index contributed by atoms with van der Waals surface area (Å²) in [6, 6.07) is 8.30. The number of rotatable bonds is 3. The average molecular weight is 219 g/mol. The summed E-state index contributed by atoms with van der Waals surface area (Å²) in [6.07, 6.45) is 2.92. The van der Waals surface area contributed by atoms with Gasteiger partial charge in [0.15, 0.2) is 0 Å². The summed E-state index contributed by atoms with van der Waals surface area (Å²) in [7, 11) is 0. The lowest BCUT2D eigenvalue weighted by Crippen LogP contribution is -2.22. The van der Waals surface area contributed by atoms with Gasteiger partial charge in [0.2, 0.25) is 0 Å². The molecule has 0 atom stereocenters. The molecule has 0 spiro atoms. The Morgan fingerprint density at radius 2 is 2.12 bits per heavy atom. The molecule has 0 aliphatic heterocycles. The summed E-state index contributed by atoms with van der Waals surface area (Å²) >= 11 is 0. The SMILES string of the molecule is O=C(c1ccccc1)N(F)Cc1cnc[nH]1. The smallest absolute Gasteiger partial charge is 0.281 e. The van der Waals surface area contributed by atoms with Gasteiger partial charge in [-0.25, -0.2) is 4.98 Å². The van der Waals surface area contributed by atoms with Crippen LogP contribution in [-0.4, -0.2) is 21.0 Å². The number of amides is 1. The number of nitrogens with one attached hydrogen (secondary N) is 1. The van der Waals surface area contributed by atoms with Gasteiger partial charge in [-0.05, 0) is 12.1 Å². The van der Waals surface area contributed by atoms with Crippen molar-refractivity contribution in [2.45, 2.75) is 6.54 Å². The van der Waals surface area contributed by atoms with Gasteiger partial charge in [-0.2, -0.15) is 5.12 Å². The molecule has 0 bridgehead atoms. The van der Waals surface area contributed by atoms with E-state index in [2.05, 4.69) is 9.97 Å². The first-order chi connectivity index (χ1) is 7.77. The molecule has 1 aromatic heterocycles. The number of hydrogen-bond acceptors (Lipinski definition) is 2. The van der Waals surface area contributed by atoms with Crippen molar-refractivity contribution in [3.8, 4) is 0 Å². The van der Waals surface area contributed by atoms with E-state index in [-0.39, 0.29) is 11.7 Å². The van der Waals surface area contributed by atoms with Crippen molar-refractivity contribution in [3.63, 3.8) is 0 Å². The normalized spacial score (nSPS) is 10.1. The lowest BCUT2D eigenvalue weighted by Gasteiger charge is -2.10. The van der Waals surface area contributed by atoms with E-state index in [0.717, 1.165) is 0 Å². The highest BCUT2D eigenvalue weighted by Crippen LogP contribution is 2.08. The Hall–Kier alpha value is -2.17. The van der Waals surface area contributed by atoms with Crippen molar-refractivity contribution < 1.29 is 9.28 Å². The average Bonchev–Trinajstić information content (AvgIpc) is 2.82. The third-order valence-electron chi connectivity index (χ3n) is 2.11. The van der Waals surface area contributed by atoms with Crippen LogP contribution in [0.25, 0.3) is 0 Å². The number of carbonyl (C=O) groups is 1. The fourth-order valence-corrected chi connectivity index (χ4v) is 1.31. The molecule has 1 heterocycles. The molecule has 0 fully saturated rings. The van der Waals surface area contributed by atoms with E-state index < -0.39 is 5.91 Å². The Labute approximate surface area is 91.7 Å². The van der Waals surface area contributed by atoms with Crippen LogP contribution >= 0.6 is 0 Å². The van der Waals surface area contributed by atoms with Crippen molar-refractivity contribution in [2.24, 2.45) is 0 Å². The van der Waals surface area contributed by atoms with Crippen molar-refractivity contribution in [3.05, 3.63) is 54.1 Å². The van der Waals surface area contributed by atoms with E-state index in [4.69, 9.17) is 0 Å². The molecule has 0 radical (unpaired) electrons. The molecular weight excluding hydrogens is 209 g/mol. The Morgan fingerprint density at radius 3 is 2.75 bits per heavy atom. The fraction of sp³-hybridized carbons (Fsp3) is 0.0909. The highest BCUT2D eigenvalue weighted by molar-refractivity contribution is 5.93. The molecule has 0 unspecified atom stereocenters. The van der Waals surface area contributed by atoms with Gasteiger partial charge in [-0.15, -0.1) is 0 Å². The Bertz CT molecular complexity index is 455. The lowest BCUT2D eigenvalue weighted by atomic mass is 10.2. The lowest BCUT2D eigenvalue weighted by molar-refractivity contribution is 0.0142. The molecule has 1 N–H and O–H groups in total. The standard InChI is InChI=1S/C11H10FN3O/c12-15(7-10-6-13-8-14-10)11(16)9-4-2-1-3-5-9/h1-6,8H,7H2,(H,13,14). The molecule has 4 nitrogen and oxygen atoms in total. The zero-order chi connectivity index (χ0) is 11.4. The van der Waals surface area contributed by atoms with Crippen molar-refractivity contribution >= 4 is 5.91 Å². The third kappa shape index (κ3) is 2.25. The number of hydrogen-bond donors (Lipinski definition) is 1. The first kappa shape index (κ1) is 10.4. The second-order valence-electron chi connectivity index (χ2n) is 3.27. The second-order valence-corrected chi connectivity index (χ2v) is 3.27. The molecule has 16 heavy (non-hydrogen) atoms. The third-order valence-corrected chi connectivity index (χ3v) is 2.11. The van der Waals surface area contributed by atoms with E-state index in [9.17, 15) is 9.28 Å². The Kier molecular flexibility index (Phi) is 2.95. The summed E-state index contributed by atoms with van der Waals surface area (Å²) in [6.45, 7) is -0.131. The van der Waals surface area contributed by atoms with Crippen LogP contribution in [0.15, 0.2) is 42.9 Å². The number of benzene rings is 1. The van der Waals surface area contributed by atoms with Gasteiger partial charge in [0.05, 0.1) is 18.6 Å². The van der Waals surface area contributed by atoms with E-state index in [1.54, 1.807) is 30.3 Å². The largest absolute Gasteiger partial charge is 0.347 e. The molecule has 2 rings (SSSR count). The van der Waals surface area contributed by atoms with Gasteiger partial charge in [-0.3, -0.25) is 4.79 Å². The van der Waals surface area contributed by atoms with E-state index in [0.29, 0.717) is 11.3 Å². The summed E-state index contributed by atoms with van der Waals surface area (Å²) in [5, 5.41) is 0.156. The number of H-pyrrole nitrogens is 1. The second kappa shape index (κ2) is 4.57. The number of imidazole rings is 1. The van der Waals surface area contributed by atoms with Crippen molar-refractivity contribution in [2.75, 3.05) is 0 Å². The van der Waals surface area contributed by atoms with E-state index in [1.807, 2.05) is 0 Å². The minimum Gasteiger partial charge on any atom is -0.347 e. The van der Waals surface area contributed by atoms with Crippen LogP contribution in [0.2, 0.25) is 0 Å². The zero-order valence-electron chi connectivity index (χ0n) is 8.43. The van der Waals surface area contributed by atoms with Crippen LogP contribution in [0.1, 0.15) is 16.1 Å². The maximum Gasteiger partial charge on any atom is 0.281 e. The van der Waals surface area contributed by atoms with Gasteiger partial charge in [0.25, 0.3) is 5.91 Å². The van der Waals surface area contributed by atoms with Gasteiger partial charge < -0.3 is 4.98 Å². The number of aromatic amines is 1. The quantitative estimate of drug-likeness (QED) is 0.802. The van der Waals surface area contributed by atoms with Gasteiger partial charge in [0.1, 0.15) is 0 Å². The van der Waals surface area contributed by atoms with Crippen LogP contribution in [0.3, 0.4) is 0 Å². The van der Waals surface area contributed by atoms with Crippen LogP contribution in [0, 0.1) is 0 Å². The fourth-order valence-electron chi connectivity index (χ4n) is 1.31. The van der Waals surface area contributed by atoms with Crippen LogP contribution in [0.5, 0.6) is 0 Å². The molecule has 82 valence electrons. The summed E-state index contributed by atoms with van der Waals surface area (Å²) in [5.41, 5.74) is 0.872. The van der Waals surface area contributed by atoms with Crippen molar-refractivity contribution in [1.29, 1.82) is 0 Å². The highest BCUT2D eigenvalue weighted by atomic mass is 19.2. The van der Waals surface area contributed by atoms with Crippen LogP contribution in [-0.2, 0) is 6.54 Å². The molecule has 0 aliphatic rings. The number of nitrogens with zero attached hydrogens (tertiary/aromatic N) is 2. The van der Waals surface area contributed by atoms with Crippen LogP contribution in [0.4, 0.5) is 4.48 Å². The molecule has 5 heteroatoms. The zero-order valence-corrected chi connectivity index (χ0v) is 8.43. The highest BCUT2D eigenvalue weighted by Gasteiger charge is 2.15. The summed E-state index contributed by atoms with van der Waals surface area (Å²) in [4.78, 5) is 18.1. The number of carbonyl (C=O) groups excluding carboxylic acids is 1. The minimum absolute atomic E-state index is 0.131. The maximum atomic E-state index is 13.5. The summed E-state index contributed by atoms with van der Waals surface area (Å²) in [5.74, 6) is -0.657. The maximum absolute atomic E-state index is 13.5. The molecule has 0 saturated heterocycles. The Morgan fingerprint density at radius 1 is 1.38 bits per heavy atom. The predicted molar refractivity (Wildman–Crippen MR) is 56.0 cm³/mol. The minimum atomic E-state index is -0.657. The monoisotopic (exact) mass is 219 g/mol. The van der Waals surface area contributed by atoms with Gasteiger partial charge >= 0.3 is 0 Å². The first-order valence-corrected chi connectivity index (χ1v) is 4.77. The number of aromatic nitrogens is 2. The molecule has 1 amide bonds. The molecule has 1 aromatic carbocycles. The number of halogens is 1. The first-order valence-electron chi connectivity index (χ1n) is 4.77. The summed E-state index contributed by atoms with van der Waals surface area (Å²) < 4.78 is 13.5. The molecular formula is C11H10FN3O. The molecule has 0 aliphatic carbocycles. The van der Waals surface area contributed by atoms with Crippen molar-refractivity contribution in [1.82, 2.24) is 15.1 Å². The van der Waals surface area contributed by atoms with E-state index >= 15 is 0 Å². The molecule has 0 saturated carbocycles. The Balaban J connectivity index is 2.05. The topological polar surface area (TPSA) is 49.0 Å². The van der Waals surface area contributed by atoms with E-state index in [1.165, 1.54) is 12.5 Å². The predicted octanol–water partition coefficient (Wildman–Crippen LogP) is 1.94.